The number of rotatable bonds is 5. The molecule has 1 aliphatic carbocycles. The van der Waals surface area contributed by atoms with Crippen molar-refractivity contribution < 1.29 is 10.0 Å². The molecule has 5 N–H and O–H groups in total. The van der Waals surface area contributed by atoms with E-state index in [2.05, 4.69) is 22.1 Å². The van der Waals surface area contributed by atoms with E-state index < -0.39 is 7.12 Å². The van der Waals surface area contributed by atoms with Gasteiger partial charge >= 0.3 is 7.12 Å². The number of likely N-dealkylation sites (tertiary alicyclic amines) is 1. The number of nitrogens with two attached hydrogens (primary N) is 1. The molecule has 1 aliphatic heterocycles. The van der Waals surface area contributed by atoms with Crippen molar-refractivity contribution in [1.29, 1.82) is 0 Å². The van der Waals surface area contributed by atoms with Gasteiger partial charge in [-0.15, -0.1) is 0 Å². The fraction of sp³-hybridized carbons (Fsp3) is 0.435. The summed E-state index contributed by atoms with van der Waals surface area (Å²) in [7, 11) is -1.45. The third-order valence-electron chi connectivity index (χ3n) is 6.82. The topological polar surface area (TPSA) is 120 Å². The average Bonchev–Trinajstić information content (AvgIpc) is 3.24. The lowest BCUT2D eigenvalue weighted by molar-refractivity contribution is 0.211. The van der Waals surface area contributed by atoms with E-state index in [0.717, 1.165) is 61.8 Å². The van der Waals surface area contributed by atoms with E-state index in [4.69, 9.17) is 15.7 Å². The average molecular weight is 432 g/mol. The Hall–Kier alpha value is -2.75. The first kappa shape index (κ1) is 21.1. The van der Waals surface area contributed by atoms with Crippen molar-refractivity contribution in [3.63, 3.8) is 0 Å². The number of nitrogen functional groups attached to an aromatic ring is 1. The maximum Gasteiger partial charge on any atom is 0.488 e. The largest absolute Gasteiger partial charge is 0.488 e. The van der Waals surface area contributed by atoms with Crippen LogP contribution in [0.4, 0.5) is 11.8 Å². The Morgan fingerprint density at radius 2 is 1.91 bits per heavy atom. The van der Waals surface area contributed by atoms with Gasteiger partial charge in [0, 0.05) is 31.4 Å². The lowest BCUT2D eigenvalue weighted by Gasteiger charge is -2.32. The fourth-order valence-corrected chi connectivity index (χ4v) is 5.09. The zero-order valence-corrected chi connectivity index (χ0v) is 18.4. The smallest absolute Gasteiger partial charge is 0.423 e. The van der Waals surface area contributed by atoms with Gasteiger partial charge in [-0.2, -0.15) is 9.97 Å². The highest BCUT2D eigenvalue weighted by molar-refractivity contribution is 6.59. The van der Waals surface area contributed by atoms with Crippen LogP contribution in [0, 0.1) is 6.92 Å². The van der Waals surface area contributed by atoms with Gasteiger partial charge in [-0.25, -0.2) is 4.98 Å². The first-order valence-electron chi connectivity index (χ1n) is 11.4. The van der Waals surface area contributed by atoms with Gasteiger partial charge in [0.05, 0.1) is 5.39 Å². The molecule has 0 bridgehead atoms. The number of pyridine rings is 1. The lowest BCUT2D eigenvalue weighted by Crippen LogP contribution is -2.41. The maximum atomic E-state index is 9.60. The van der Waals surface area contributed by atoms with Crippen molar-refractivity contribution in [3.8, 4) is 0 Å². The first-order valence-corrected chi connectivity index (χ1v) is 11.4. The number of fused-ring (bicyclic) bond motifs is 2. The van der Waals surface area contributed by atoms with Crippen LogP contribution in [0.3, 0.4) is 0 Å². The fourth-order valence-electron chi connectivity index (χ4n) is 5.09. The van der Waals surface area contributed by atoms with E-state index in [1.54, 1.807) is 6.07 Å². The van der Waals surface area contributed by atoms with Gasteiger partial charge in [0.2, 0.25) is 5.95 Å². The van der Waals surface area contributed by atoms with Gasteiger partial charge in [-0.05, 0) is 61.2 Å². The van der Waals surface area contributed by atoms with Crippen molar-refractivity contribution in [2.45, 2.75) is 51.6 Å². The van der Waals surface area contributed by atoms with E-state index in [-0.39, 0.29) is 6.04 Å². The minimum atomic E-state index is -1.45. The van der Waals surface area contributed by atoms with Gasteiger partial charge in [-0.1, -0.05) is 24.3 Å². The Morgan fingerprint density at radius 3 is 2.69 bits per heavy atom. The Balaban J connectivity index is 1.26. The molecule has 0 spiro atoms. The molecule has 3 aromatic rings. The Kier molecular flexibility index (Phi) is 5.71. The number of hydrogen-bond acceptors (Lipinski definition) is 8. The number of benzene rings is 1. The van der Waals surface area contributed by atoms with Crippen LogP contribution >= 0.6 is 0 Å². The highest BCUT2D eigenvalue weighted by Crippen LogP contribution is 2.31. The molecular weight excluding hydrogens is 403 g/mol. The van der Waals surface area contributed by atoms with E-state index in [1.165, 1.54) is 11.1 Å². The summed E-state index contributed by atoms with van der Waals surface area (Å²) >= 11 is 0. The van der Waals surface area contributed by atoms with Gasteiger partial charge in [0.25, 0.3) is 0 Å². The summed E-state index contributed by atoms with van der Waals surface area (Å²) in [4.78, 5) is 16.4. The summed E-state index contributed by atoms with van der Waals surface area (Å²) in [5, 5.41) is 23.6. The molecule has 0 unspecified atom stereocenters. The van der Waals surface area contributed by atoms with E-state index in [1.807, 2.05) is 18.2 Å². The van der Waals surface area contributed by atoms with E-state index >= 15 is 0 Å². The molecule has 9 heteroatoms. The SMILES string of the molecule is Cc1c2c(nc3nc(NC4CCN(Cc5ccccc5B(O)O)CC4)nc(N)c13)CCC2. The second kappa shape index (κ2) is 8.65. The minimum Gasteiger partial charge on any atom is -0.423 e. The van der Waals surface area contributed by atoms with E-state index in [0.29, 0.717) is 29.4 Å². The molecule has 2 aromatic heterocycles. The maximum absolute atomic E-state index is 9.60. The standard InChI is InChI=1S/C23H29BN6O2/c1-14-17-6-4-8-19(17)27-22-20(14)21(25)28-23(29-22)26-16-9-11-30(12-10-16)13-15-5-2-3-7-18(15)24(31)32/h2-3,5,7,16,31-32H,4,6,8-13H2,1H3,(H3,25,26,27,28,29). The zero-order chi connectivity index (χ0) is 22.2. The summed E-state index contributed by atoms with van der Waals surface area (Å²) in [6.45, 7) is 4.61. The summed E-state index contributed by atoms with van der Waals surface area (Å²) in [5.41, 5.74) is 12.2. The molecule has 1 fully saturated rings. The molecule has 32 heavy (non-hydrogen) atoms. The number of aryl methyl sites for hydroxylation is 2. The predicted molar refractivity (Wildman–Crippen MR) is 127 cm³/mol. The lowest BCUT2D eigenvalue weighted by atomic mass is 9.77. The molecule has 0 amide bonds. The normalized spacial score (nSPS) is 17.0. The molecule has 8 nitrogen and oxygen atoms in total. The molecular formula is C23H29BN6O2. The Bertz CT molecular complexity index is 1150. The molecule has 0 saturated carbocycles. The number of piperidine rings is 1. The molecule has 2 aliphatic rings. The van der Waals surface area contributed by atoms with Crippen LogP contribution in [0.15, 0.2) is 24.3 Å². The van der Waals surface area contributed by atoms with Crippen molar-refractivity contribution in [3.05, 3.63) is 46.6 Å². The van der Waals surface area contributed by atoms with Crippen LogP contribution < -0.4 is 16.5 Å². The van der Waals surface area contributed by atoms with Crippen molar-refractivity contribution in [2.24, 2.45) is 0 Å². The van der Waals surface area contributed by atoms with Crippen LogP contribution in [-0.2, 0) is 19.4 Å². The number of hydrogen-bond donors (Lipinski definition) is 4. The summed E-state index contributed by atoms with van der Waals surface area (Å²) < 4.78 is 0. The third kappa shape index (κ3) is 4.03. The Labute approximate surface area is 188 Å². The van der Waals surface area contributed by atoms with Gasteiger partial charge < -0.3 is 21.1 Å². The Morgan fingerprint density at radius 1 is 1.12 bits per heavy atom. The highest BCUT2D eigenvalue weighted by Gasteiger charge is 2.24. The zero-order valence-electron chi connectivity index (χ0n) is 18.4. The second-order valence-corrected chi connectivity index (χ2v) is 8.91. The van der Waals surface area contributed by atoms with Crippen LogP contribution in [0.5, 0.6) is 0 Å². The van der Waals surface area contributed by atoms with Crippen LogP contribution in [-0.4, -0.2) is 56.1 Å². The summed E-state index contributed by atoms with van der Waals surface area (Å²) in [6.07, 6.45) is 5.10. The molecule has 1 saturated heterocycles. The third-order valence-corrected chi connectivity index (χ3v) is 6.82. The van der Waals surface area contributed by atoms with Crippen molar-refractivity contribution in [1.82, 2.24) is 19.9 Å². The molecule has 166 valence electrons. The summed E-state index contributed by atoms with van der Waals surface area (Å²) in [5.74, 6) is 1.04. The van der Waals surface area contributed by atoms with Crippen LogP contribution in [0.1, 0.15) is 41.6 Å². The number of nitrogens with zero attached hydrogens (tertiary/aromatic N) is 4. The van der Waals surface area contributed by atoms with Gasteiger partial charge in [0.15, 0.2) is 5.65 Å². The molecule has 1 aromatic carbocycles. The molecule has 0 atom stereocenters. The van der Waals surface area contributed by atoms with Crippen molar-refractivity contribution >= 4 is 35.4 Å². The monoisotopic (exact) mass is 432 g/mol. The number of nitrogens with one attached hydrogen (secondary N) is 1. The minimum absolute atomic E-state index is 0.261. The van der Waals surface area contributed by atoms with Crippen LogP contribution in [0.2, 0.25) is 0 Å². The van der Waals surface area contributed by atoms with E-state index in [9.17, 15) is 10.0 Å². The summed E-state index contributed by atoms with van der Waals surface area (Å²) in [6, 6.07) is 7.74. The first-order chi connectivity index (χ1) is 15.5. The quantitative estimate of drug-likeness (QED) is 0.444. The van der Waals surface area contributed by atoms with Crippen molar-refractivity contribution in [2.75, 3.05) is 24.1 Å². The number of aromatic nitrogens is 3. The molecule has 0 radical (unpaired) electrons. The predicted octanol–water partition coefficient (Wildman–Crippen LogP) is 1.16. The second-order valence-electron chi connectivity index (χ2n) is 8.91. The van der Waals surface area contributed by atoms with Gasteiger partial charge in [0.1, 0.15) is 5.82 Å². The van der Waals surface area contributed by atoms with Crippen LogP contribution in [0.25, 0.3) is 11.0 Å². The van der Waals surface area contributed by atoms with Gasteiger partial charge in [-0.3, -0.25) is 4.90 Å². The highest BCUT2D eigenvalue weighted by atomic mass is 16.4. The molecule has 5 rings (SSSR count). The number of anilines is 2. The molecule has 3 heterocycles.